The quantitative estimate of drug-likeness (QED) is 0.654. The molecule has 1 aromatic rings. The van der Waals surface area contributed by atoms with E-state index < -0.39 is 29.4 Å². The van der Waals surface area contributed by atoms with Crippen molar-refractivity contribution in [1.29, 1.82) is 0 Å². The average Bonchev–Trinajstić information content (AvgIpc) is 2.43. The van der Waals surface area contributed by atoms with Crippen LogP contribution in [0.2, 0.25) is 5.02 Å². The summed E-state index contributed by atoms with van der Waals surface area (Å²) in [6.45, 7) is 11.8. The molecule has 7 heteroatoms. The number of hydrogen-bond acceptors (Lipinski definition) is 5. The molecule has 1 unspecified atom stereocenters. The number of halogens is 1. The van der Waals surface area contributed by atoms with Crippen molar-refractivity contribution in [1.82, 2.24) is 4.90 Å². The number of imide groups is 1. The van der Waals surface area contributed by atoms with Gasteiger partial charge in [0.05, 0.1) is 6.04 Å². The number of hydrogen-bond donors (Lipinski definition) is 0. The third-order valence-corrected chi connectivity index (χ3v) is 3.43. The molecule has 0 heterocycles. The Hall–Kier alpha value is -2.08. The van der Waals surface area contributed by atoms with Gasteiger partial charge in [0, 0.05) is 10.6 Å². The lowest BCUT2D eigenvalue weighted by Gasteiger charge is -2.32. The highest BCUT2D eigenvalue weighted by atomic mass is 35.5. The first-order chi connectivity index (χ1) is 11.7. The summed E-state index contributed by atoms with van der Waals surface area (Å²) in [5.41, 5.74) is -0.874. The smallest absolute Gasteiger partial charge is 0.420 e. The molecule has 1 aromatic carbocycles. The fraction of sp³-hybridized carbons (Fsp3) is 0.526. The first-order valence-corrected chi connectivity index (χ1v) is 8.63. The number of carbonyl (C=O) groups is 3. The van der Waals surface area contributed by atoms with Gasteiger partial charge in [-0.15, -0.1) is 0 Å². The first kappa shape index (κ1) is 22.0. The maximum Gasteiger partial charge on any atom is 0.420 e. The van der Waals surface area contributed by atoms with E-state index >= 15 is 0 Å². The van der Waals surface area contributed by atoms with Gasteiger partial charge < -0.3 is 9.47 Å². The Morgan fingerprint density at radius 2 is 1.50 bits per heavy atom. The highest BCUT2D eigenvalue weighted by molar-refractivity contribution is 6.30. The van der Waals surface area contributed by atoms with Gasteiger partial charge in [-0.05, 0) is 72.2 Å². The number of amides is 2. The van der Waals surface area contributed by atoms with Crippen molar-refractivity contribution in [3.8, 4) is 0 Å². The highest BCUT2D eigenvalue weighted by Gasteiger charge is 2.36. The molecule has 0 radical (unpaired) electrons. The Balaban J connectivity index is 3.35. The van der Waals surface area contributed by atoms with Gasteiger partial charge in [0.25, 0.3) is 0 Å². The predicted molar refractivity (Wildman–Crippen MR) is 99.6 cm³/mol. The van der Waals surface area contributed by atoms with Crippen LogP contribution in [-0.4, -0.2) is 34.6 Å². The summed E-state index contributed by atoms with van der Waals surface area (Å²) >= 11 is 6.03. The molecule has 0 aliphatic heterocycles. The predicted octanol–water partition coefficient (Wildman–Crippen LogP) is 5.39. The van der Waals surface area contributed by atoms with Crippen LogP contribution in [0.1, 0.15) is 70.4 Å². The standard InChI is InChI=1S/C19H26ClNO5/c1-12(15-10-14(20)9-8-13(15)11-22)21(16(23)25-18(2,3)4)17(24)26-19(5,6)7/h8-12H,1-7H3. The molecule has 1 rings (SSSR count). The van der Waals surface area contributed by atoms with Crippen LogP contribution >= 0.6 is 11.6 Å². The SMILES string of the molecule is CC(c1cc(Cl)ccc1C=O)N(C(=O)OC(C)(C)C)C(=O)OC(C)(C)C. The minimum atomic E-state index is -0.865. The highest BCUT2D eigenvalue weighted by Crippen LogP contribution is 2.29. The van der Waals surface area contributed by atoms with Crippen LogP contribution in [0, 0.1) is 0 Å². The number of nitrogens with zero attached hydrogens (tertiary/aromatic N) is 1. The van der Waals surface area contributed by atoms with Crippen molar-refractivity contribution in [2.24, 2.45) is 0 Å². The van der Waals surface area contributed by atoms with Crippen LogP contribution in [0.5, 0.6) is 0 Å². The summed E-state index contributed by atoms with van der Waals surface area (Å²) in [6, 6.07) is 3.81. The van der Waals surface area contributed by atoms with E-state index in [1.165, 1.54) is 12.1 Å². The van der Waals surface area contributed by atoms with Crippen LogP contribution in [0.15, 0.2) is 18.2 Å². The lowest BCUT2D eigenvalue weighted by molar-refractivity contribution is -0.00617. The number of ether oxygens (including phenoxy) is 2. The minimum Gasteiger partial charge on any atom is -0.443 e. The second-order valence-corrected chi connectivity index (χ2v) is 8.33. The molecule has 6 nitrogen and oxygen atoms in total. The van der Waals surface area contributed by atoms with Crippen molar-refractivity contribution < 1.29 is 23.9 Å². The fourth-order valence-electron chi connectivity index (χ4n) is 2.17. The Bertz CT molecular complexity index is 660. The summed E-state index contributed by atoms with van der Waals surface area (Å²) in [4.78, 5) is 37.6. The number of rotatable bonds is 3. The molecule has 0 N–H and O–H groups in total. The molecule has 0 aromatic heterocycles. The average molecular weight is 384 g/mol. The summed E-state index contributed by atoms with van der Waals surface area (Å²) in [7, 11) is 0. The normalized spacial score (nSPS) is 12.9. The second-order valence-electron chi connectivity index (χ2n) is 7.90. The van der Waals surface area contributed by atoms with Gasteiger partial charge in [-0.2, -0.15) is 0 Å². The van der Waals surface area contributed by atoms with E-state index in [4.69, 9.17) is 21.1 Å². The zero-order valence-electron chi connectivity index (χ0n) is 16.3. The fourth-order valence-corrected chi connectivity index (χ4v) is 2.35. The molecule has 1 atom stereocenters. The van der Waals surface area contributed by atoms with Crippen LogP contribution < -0.4 is 0 Å². The Kier molecular flexibility index (Phi) is 6.82. The van der Waals surface area contributed by atoms with Crippen molar-refractivity contribution in [2.45, 2.75) is 65.7 Å². The van der Waals surface area contributed by atoms with E-state index in [0.29, 0.717) is 22.4 Å². The van der Waals surface area contributed by atoms with E-state index in [1.54, 1.807) is 54.5 Å². The maximum absolute atomic E-state index is 12.7. The monoisotopic (exact) mass is 383 g/mol. The van der Waals surface area contributed by atoms with E-state index in [2.05, 4.69) is 0 Å². The lowest BCUT2D eigenvalue weighted by Crippen LogP contribution is -2.45. The third kappa shape index (κ3) is 6.33. The first-order valence-electron chi connectivity index (χ1n) is 8.25. The number of carbonyl (C=O) groups excluding carboxylic acids is 3. The van der Waals surface area contributed by atoms with Crippen LogP contribution in [-0.2, 0) is 9.47 Å². The minimum absolute atomic E-state index is 0.319. The summed E-state index contributed by atoms with van der Waals surface area (Å²) in [5, 5.41) is 0.380. The van der Waals surface area contributed by atoms with Gasteiger partial charge in [0.2, 0.25) is 0 Å². The topological polar surface area (TPSA) is 72.9 Å². The summed E-state index contributed by atoms with van der Waals surface area (Å²) in [6.07, 6.45) is -1.09. The summed E-state index contributed by atoms with van der Waals surface area (Å²) < 4.78 is 10.7. The van der Waals surface area contributed by atoms with Crippen LogP contribution in [0.25, 0.3) is 0 Å². The number of aldehydes is 1. The molecule has 0 fully saturated rings. The van der Waals surface area contributed by atoms with Crippen molar-refractivity contribution in [3.05, 3.63) is 34.3 Å². The van der Waals surface area contributed by atoms with Gasteiger partial charge in [0.1, 0.15) is 17.5 Å². The number of benzene rings is 1. The van der Waals surface area contributed by atoms with E-state index in [0.717, 1.165) is 4.90 Å². The van der Waals surface area contributed by atoms with Gasteiger partial charge in [-0.3, -0.25) is 4.79 Å². The zero-order chi connectivity index (χ0) is 20.3. The molecule has 0 saturated heterocycles. The molecule has 0 spiro atoms. The summed E-state index contributed by atoms with van der Waals surface area (Å²) in [5.74, 6) is 0. The second kappa shape index (κ2) is 8.08. The van der Waals surface area contributed by atoms with E-state index in [9.17, 15) is 14.4 Å². The molecule has 0 aliphatic carbocycles. The van der Waals surface area contributed by atoms with Crippen LogP contribution in [0.3, 0.4) is 0 Å². The van der Waals surface area contributed by atoms with E-state index in [-0.39, 0.29) is 0 Å². The Morgan fingerprint density at radius 1 is 1.04 bits per heavy atom. The molecular formula is C19H26ClNO5. The zero-order valence-corrected chi connectivity index (χ0v) is 17.0. The van der Waals surface area contributed by atoms with Gasteiger partial charge in [-0.1, -0.05) is 11.6 Å². The molecule has 144 valence electrons. The molecule has 0 bridgehead atoms. The van der Waals surface area contributed by atoms with E-state index in [1.807, 2.05) is 0 Å². The van der Waals surface area contributed by atoms with Gasteiger partial charge >= 0.3 is 12.2 Å². The molecule has 2 amide bonds. The van der Waals surface area contributed by atoms with Gasteiger partial charge in [-0.25, -0.2) is 14.5 Å². The Labute approximate surface area is 159 Å². The molecular weight excluding hydrogens is 358 g/mol. The van der Waals surface area contributed by atoms with Gasteiger partial charge in [0.15, 0.2) is 0 Å². The van der Waals surface area contributed by atoms with Crippen molar-refractivity contribution in [2.75, 3.05) is 0 Å². The van der Waals surface area contributed by atoms with Crippen molar-refractivity contribution >= 4 is 30.1 Å². The molecule has 0 aliphatic rings. The maximum atomic E-state index is 12.7. The molecule has 26 heavy (non-hydrogen) atoms. The third-order valence-electron chi connectivity index (χ3n) is 3.19. The van der Waals surface area contributed by atoms with Crippen molar-refractivity contribution in [3.63, 3.8) is 0 Å². The molecule has 0 saturated carbocycles. The Morgan fingerprint density at radius 3 is 1.88 bits per heavy atom. The van der Waals surface area contributed by atoms with Crippen LogP contribution in [0.4, 0.5) is 9.59 Å². The lowest BCUT2D eigenvalue weighted by atomic mass is 10.0. The largest absolute Gasteiger partial charge is 0.443 e.